The zero-order chi connectivity index (χ0) is 43.4. The number of nitrogens with zero attached hydrogens (tertiary/aromatic N) is 1. The summed E-state index contributed by atoms with van der Waals surface area (Å²) in [5.41, 5.74) is 18.7. The Hall–Kier alpha value is -7.36. The van der Waals surface area contributed by atoms with Gasteiger partial charge in [0.1, 0.15) is 5.75 Å². The zero-order valence-electron chi connectivity index (χ0n) is 36.9. The van der Waals surface area contributed by atoms with E-state index in [0.29, 0.717) is 0 Å². The quantitative estimate of drug-likeness (QED) is 0.122. The molecule has 0 unspecified atom stereocenters. The lowest BCUT2D eigenvalue weighted by Crippen LogP contribution is -2.56. The molecule has 0 fully saturated rings. The van der Waals surface area contributed by atoms with E-state index in [1.54, 1.807) is 0 Å². The lowest BCUT2D eigenvalue weighted by atomic mass is 9.33. The fourth-order valence-corrected chi connectivity index (χ4v) is 10.5. The molecule has 0 spiro atoms. The van der Waals surface area contributed by atoms with E-state index in [2.05, 4.69) is 228 Å². The molecule has 10 aromatic carbocycles. The predicted octanol–water partition coefficient (Wildman–Crippen LogP) is 14.0. The first-order valence-corrected chi connectivity index (χ1v) is 22.0. The predicted molar refractivity (Wildman–Crippen MR) is 272 cm³/mol. The number of anilines is 3. The topological polar surface area (TPSA) is 23.5 Å². The van der Waals surface area contributed by atoms with Crippen LogP contribution in [0.25, 0.3) is 54.6 Å². The molecule has 3 heteroatoms. The molecule has 10 aromatic rings. The number of para-hydroxylation sites is 1. The van der Waals surface area contributed by atoms with Crippen LogP contribution < -0.4 is 21.3 Å². The normalized spacial score (nSPS) is 11.4. The summed E-state index contributed by atoms with van der Waals surface area (Å²) in [6.07, 6.45) is 0. The molecule has 10 rings (SSSR count). The van der Waals surface area contributed by atoms with Crippen molar-refractivity contribution in [3.05, 3.63) is 221 Å². The third kappa shape index (κ3) is 7.14. The molecule has 0 aliphatic rings. The summed E-state index contributed by atoms with van der Waals surface area (Å²) in [5, 5.41) is 19.5. The van der Waals surface area contributed by atoms with Crippen molar-refractivity contribution in [2.75, 3.05) is 4.90 Å². The van der Waals surface area contributed by atoms with Crippen LogP contribution in [0.15, 0.2) is 188 Å². The van der Waals surface area contributed by atoms with Crippen LogP contribution in [0.2, 0.25) is 0 Å². The van der Waals surface area contributed by atoms with Crippen molar-refractivity contribution < 1.29 is 5.11 Å². The summed E-state index contributed by atoms with van der Waals surface area (Å²) in [6, 6.07) is 67.6. The molecular formula is C60H50BNO. The molecular weight excluding hydrogens is 761 g/mol. The Kier molecular flexibility index (Phi) is 10.2. The molecule has 0 aromatic heterocycles. The third-order valence-electron chi connectivity index (χ3n) is 13.1. The van der Waals surface area contributed by atoms with Gasteiger partial charge in [0.15, 0.2) is 0 Å². The summed E-state index contributed by atoms with van der Waals surface area (Å²) in [5.74, 6) is 0.228. The molecule has 0 radical (unpaired) electrons. The Morgan fingerprint density at radius 1 is 0.381 bits per heavy atom. The Balaban J connectivity index is 1.14. The number of phenolic OH excluding ortho intramolecular Hbond substituents is 1. The fourth-order valence-electron chi connectivity index (χ4n) is 10.5. The minimum atomic E-state index is 0.0271. The highest BCUT2D eigenvalue weighted by molar-refractivity contribution is 6.98. The molecule has 0 aliphatic heterocycles. The van der Waals surface area contributed by atoms with E-state index in [4.69, 9.17) is 0 Å². The molecule has 0 bridgehead atoms. The molecule has 0 amide bonds. The number of aryl methyl sites for hydroxylation is 6. The Morgan fingerprint density at radius 2 is 0.905 bits per heavy atom. The van der Waals surface area contributed by atoms with E-state index in [1.807, 2.05) is 6.07 Å². The average Bonchev–Trinajstić information content (AvgIpc) is 3.28. The first-order valence-electron chi connectivity index (χ1n) is 22.0. The first-order chi connectivity index (χ1) is 30.6. The van der Waals surface area contributed by atoms with Gasteiger partial charge in [-0.25, -0.2) is 0 Å². The maximum atomic E-state index is 12.3. The van der Waals surface area contributed by atoms with Crippen LogP contribution in [-0.4, -0.2) is 11.8 Å². The number of fused-ring (bicyclic) bond motifs is 4. The lowest BCUT2D eigenvalue weighted by Gasteiger charge is -2.29. The summed E-state index contributed by atoms with van der Waals surface area (Å²) in [7, 11) is 0. The molecule has 0 aliphatic carbocycles. The summed E-state index contributed by atoms with van der Waals surface area (Å²) < 4.78 is 0. The molecule has 63 heavy (non-hydrogen) atoms. The van der Waals surface area contributed by atoms with Crippen LogP contribution in [0.5, 0.6) is 5.75 Å². The molecule has 0 saturated heterocycles. The zero-order valence-corrected chi connectivity index (χ0v) is 36.9. The van der Waals surface area contributed by atoms with Gasteiger partial charge >= 0.3 is 0 Å². The number of hydrogen-bond acceptors (Lipinski definition) is 2. The second kappa shape index (κ2) is 16.2. The van der Waals surface area contributed by atoms with Crippen molar-refractivity contribution in [1.82, 2.24) is 0 Å². The van der Waals surface area contributed by atoms with Gasteiger partial charge in [-0.3, -0.25) is 0 Å². The molecule has 0 saturated carbocycles. The highest BCUT2D eigenvalue weighted by Gasteiger charge is 2.30. The third-order valence-corrected chi connectivity index (χ3v) is 13.1. The van der Waals surface area contributed by atoms with Gasteiger partial charge in [-0.05, 0) is 115 Å². The lowest BCUT2D eigenvalue weighted by molar-refractivity contribution is 0.477. The Morgan fingerprint density at radius 3 is 1.59 bits per heavy atom. The van der Waals surface area contributed by atoms with E-state index in [9.17, 15) is 5.11 Å². The smallest absolute Gasteiger partial charge is 0.243 e. The van der Waals surface area contributed by atoms with Crippen LogP contribution in [0, 0.1) is 41.5 Å². The maximum absolute atomic E-state index is 12.3. The second-order valence-electron chi connectivity index (χ2n) is 17.4. The number of rotatable bonds is 8. The van der Waals surface area contributed by atoms with Crippen LogP contribution in [0.3, 0.4) is 0 Å². The van der Waals surface area contributed by atoms with Crippen LogP contribution in [-0.2, 0) is 0 Å². The van der Waals surface area contributed by atoms with E-state index in [0.717, 1.165) is 50.1 Å². The maximum Gasteiger partial charge on any atom is 0.243 e. The Labute approximate surface area is 371 Å². The molecule has 304 valence electrons. The van der Waals surface area contributed by atoms with Crippen LogP contribution in [0.4, 0.5) is 17.1 Å². The van der Waals surface area contributed by atoms with Gasteiger partial charge < -0.3 is 10.0 Å². The average molecular weight is 812 g/mol. The minimum absolute atomic E-state index is 0.0271. The number of phenols is 1. The second-order valence-corrected chi connectivity index (χ2v) is 17.4. The van der Waals surface area contributed by atoms with Gasteiger partial charge in [-0.1, -0.05) is 201 Å². The van der Waals surface area contributed by atoms with Gasteiger partial charge in [-0.2, -0.15) is 0 Å². The van der Waals surface area contributed by atoms with Gasteiger partial charge in [-0.15, -0.1) is 0 Å². The molecule has 1 N–H and O–H groups in total. The monoisotopic (exact) mass is 811 g/mol. The standard InChI is InChI=1S/C60H50BNO/c1-38-32-40(3)59(41(4)33-38)61(60-42(5)34-39(2)35-43(60)6)56-31-30-53(52-21-12-13-22-54(52)56)55-29-27-48(37-58(55)63)62(57-23-15-14-20-51(57)44-16-8-7-9-17-44)47-26-28-50-46(36-47)25-24-45-18-10-11-19-49(45)50/h7-37,63H,1-6H3. The van der Waals surface area contributed by atoms with Gasteiger partial charge in [0.2, 0.25) is 6.71 Å². The van der Waals surface area contributed by atoms with Crippen molar-refractivity contribution in [2.24, 2.45) is 0 Å². The molecule has 0 heterocycles. The van der Waals surface area contributed by atoms with Crippen molar-refractivity contribution >= 4 is 72.5 Å². The highest BCUT2D eigenvalue weighted by Crippen LogP contribution is 2.45. The van der Waals surface area contributed by atoms with Gasteiger partial charge in [0.25, 0.3) is 0 Å². The SMILES string of the molecule is Cc1cc(C)c(B(c2c(C)cc(C)cc2C)c2ccc(-c3ccc(N(c4ccc5c(ccc6ccccc65)c4)c4ccccc4-c4ccccc4)cc3O)c3ccccc23)c(C)c1. The number of hydrogen-bond donors (Lipinski definition) is 1. The fraction of sp³-hybridized carbons (Fsp3) is 0.100. The van der Waals surface area contributed by atoms with E-state index in [1.165, 1.54) is 71.3 Å². The molecule has 2 nitrogen and oxygen atoms in total. The number of benzene rings is 10. The van der Waals surface area contributed by atoms with Gasteiger partial charge in [0, 0.05) is 28.6 Å². The van der Waals surface area contributed by atoms with Crippen molar-refractivity contribution in [3.63, 3.8) is 0 Å². The van der Waals surface area contributed by atoms with Crippen molar-refractivity contribution in [1.29, 1.82) is 0 Å². The van der Waals surface area contributed by atoms with E-state index in [-0.39, 0.29) is 12.5 Å². The van der Waals surface area contributed by atoms with Crippen LogP contribution in [0.1, 0.15) is 33.4 Å². The van der Waals surface area contributed by atoms with Gasteiger partial charge in [0.05, 0.1) is 5.69 Å². The largest absolute Gasteiger partial charge is 0.507 e. The number of aromatic hydroxyl groups is 1. The van der Waals surface area contributed by atoms with Crippen LogP contribution >= 0.6 is 0 Å². The summed E-state index contributed by atoms with van der Waals surface area (Å²) in [6.45, 7) is 13.5. The van der Waals surface area contributed by atoms with Crippen molar-refractivity contribution in [2.45, 2.75) is 41.5 Å². The van der Waals surface area contributed by atoms with E-state index >= 15 is 0 Å². The summed E-state index contributed by atoms with van der Waals surface area (Å²) in [4.78, 5) is 2.28. The highest BCUT2D eigenvalue weighted by atomic mass is 16.3. The van der Waals surface area contributed by atoms with E-state index < -0.39 is 0 Å². The summed E-state index contributed by atoms with van der Waals surface area (Å²) >= 11 is 0. The first kappa shape index (κ1) is 39.8. The molecule has 0 atom stereocenters. The Bertz CT molecular complexity index is 3280. The minimum Gasteiger partial charge on any atom is -0.507 e. The van der Waals surface area contributed by atoms with Crippen molar-refractivity contribution in [3.8, 4) is 28.0 Å².